The number of amides is 2. The highest BCUT2D eigenvalue weighted by atomic mass is 16.1. The topological polar surface area (TPSA) is 72.2 Å². The zero-order valence-electron chi connectivity index (χ0n) is 11.9. The largest absolute Gasteiger partial charge is 0.366 e. The quantitative estimate of drug-likeness (QED) is 0.879. The van der Waals surface area contributed by atoms with Gasteiger partial charge in [0.05, 0.1) is 6.42 Å². The maximum atomic E-state index is 11.9. The van der Waals surface area contributed by atoms with E-state index in [2.05, 4.69) is 5.32 Å². The Morgan fingerprint density at radius 1 is 1.05 bits per heavy atom. The summed E-state index contributed by atoms with van der Waals surface area (Å²) >= 11 is 0. The van der Waals surface area contributed by atoms with E-state index < -0.39 is 5.91 Å². The SMILES string of the molecule is Cc1ccccc1CC(=O)NCc1ccc(C(N)=O)cc1. The van der Waals surface area contributed by atoms with E-state index in [0.717, 1.165) is 16.7 Å². The van der Waals surface area contributed by atoms with Crippen molar-refractivity contribution in [3.05, 3.63) is 70.8 Å². The van der Waals surface area contributed by atoms with Crippen molar-refractivity contribution in [2.45, 2.75) is 19.9 Å². The Hall–Kier alpha value is -2.62. The summed E-state index contributed by atoms with van der Waals surface area (Å²) < 4.78 is 0. The highest BCUT2D eigenvalue weighted by Gasteiger charge is 2.06. The Kier molecular flexibility index (Phi) is 4.72. The molecule has 21 heavy (non-hydrogen) atoms. The van der Waals surface area contributed by atoms with Crippen LogP contribution in [0.15, 0.2) is 48.5 Å². The number of rotatable bonds is 5. The van der Waals surface area contributed by atoms with Crippen molar-refractivity contribution in [2.75, 3.05) is 0 Å². The van der Waals surface area contributed by atoms with E-state index in [4.69, 9.17) is 5.73 Å². The number of nitrogens with one attached hydrogen (secondary N) is 1. The van der Waals surface area contributed by atoms with Crippen LogP contribution in [0, 0.1) is 6.92 Å². The van der Waals surface area contributed by atoms with Gasteiger partial charge in [0.25, 0.3) is 0 Å². The molecule has 108 valence electrons. The minimum Gasteiger partial charge on any atom is -0.366 e. The zero-order valence-corrected chi connectivity index (χ0v) is 11.9. The Bertz CT molecular complexity index is 648. The van der Waals surface area contributed by atoms with Gasteiger partial charge in [-0.05, 0) is 35.7 Å². The van der Waals surface area contributed by atoms with Crippen molar-refractivity contribution in [3.63, 3.8) is 0 Å². The molecule has 2 rings (SSSR count). The molecule has 0 atom stereocenters. The van der Waals surface area contributed by atoms with E-state index in [9.17, 15) is 9.59 Å². The van der Waals surface area contributed by atoms with Gasteiger partial charge in [0.2, 0.25) is 11.8 Å². The van der Waals surface area contributed by atoms with E-state index in [1.807, 2.05) is 31.2 Å². The lowest BCUT2D eigenvalue weighted by molar-refractivity contribution is -0.120. The molecule has 2 aromatic rings. The third kappa shape index (κ3) is 4.18. The Balaban J connectivity index is 1.89. The lowest BCUT2D eigenvalue weighted by atomic mass is 10.1. The third-order valence-electron chi connectivity index (χ3n) is 3.34. The lowest BCUT2D eigenvalue weighted by Gasteiger charge is -2.08. The van der Waals surface area contributed by atoms with Gasteiger partial charge in [-0.2, -0.15) is 0 Å². The summed E-state index contributed by atoms with van der Waals surface area (Å²) in [6, 6.07) is 14.7. The summed E-state index contributed by atoms with van der Waals surface area (Å²) in [6.45, 7) is 2.43. The number of carbonyl (C=O) groups excluding carboxylic acids is 2. The summed E-state index contributed by atoms with van der Waals surface area (Å²) in [4.78, 5) is 22.9. The number of aryl methyl sites for hydroxylation is 1. The van der Waals surface area contributed by atoms with E-state index in [0.29, 0.717) is 18.5 Å². The average molecular weight is 282 g/mol. The molecule has 0 radical (unpaired) electrons. The van der Waals surface area contributed by atoms with Crippen molar-refractivity contribution >= 4 is 11.8 Å². The number of carbonyl (C=O) groups is 2. The second-order valence-electron chi connectivity index (χ2n) is 4.94. The highest BCUT2D eigenvalue weighted by Crippen LogP contribution is 2.08. The van der Waals surface area contributed by atoms with Crippen LogP contribution < -0.4 is 11.1 Å². The first-order valence-corrected chi connectivity index (χ1v) is 6.76. The van der Waals surface area contributed by atoms with Crippen LogP contribution >= 0.6 is 0 Å². The van der Waals surface area contributed by atoms with Gasteiger partial charge in [-0.3, -0.25) is 9.59 Å². The molecule has 2 aromatic carbocycles. The van der Waals surface area contributed by atoms with Crippen LogP contribution in [0.1, 0.15) is 27.0 Å². The van der Waals surface area contributed by atoms with Crippen molar-refractivity contribution in [2.24, 2.45) is 5.73 Å². The molecule has 0 spiro atoms. The Labute approximate surface area is 124 Å². The smallest absolute Gasteiger partial charge is 0.248 e. The molecule has 0 bridgehead atoms. The first-order chi connectivity index (χ1) is 10.1. The van der Waals surface area contributed by atoms with Crippen molar-refractivity contribution < 1.29 is 9.59 Å². The van der Waals surface area contributed by atoms with Crippen LogP contribution in [0.25, 0.3) is 0 Å². The summed E-state index contributed by atoms with van der Waals surface area (Å²) in [5.74, 6) is -0.478. The molecular formula is C17H18N2O2. The van der Waals surface area contributed by atoms with Crippen LogP contribution in [0.4, 0.5) is 0 Å². The molecular weight excluding hydrogens is 264 g/mol. The summed E-state index contributed by atoms with van der Waals surface area (Å²) in [5, 5.41) is 2.87. The predicted octanol–water partition coefficient (Wildman–Crippen LogP) is 1.95. The van der Waals surface area contributed by atoms with Crippen LogP contribution in [0.5, 0.6) is 0 Å². The lowest BCUT2D eigenvalue weighted by Crippen LogP contribution is -2.24. The second kappa shape index (κ2) is 6.70. The van der Waals surface area contributed by atoms with Crippen LogP contribution in [0.3, 0.4) is 0 Å². The monoisotopic (exact) mass is 282 g/mol. The van der Waals surface area contributed by atoms with E-state index in [-0.39, 0.29) is 5.91 Å². The molecule has 3 N–H and O–H groups in total. The summed E-state index contributed by atoms with van der Waals surface area (Å²) in [7, 11) is 0. The third-order valence-corrected chi connectivity index (χ3v) is 3.34. The number of benzene rings is 2. The van der Waals surface area contributed by atoms with Crippen molar-refractivity contribution in [1.82, 2.24) is 5.32 Å². The minimum atomic E-state index is -0.454. The van der Waals surface area contributed by atoms with E-state index >= 15 is 0 Å². The molecule has 0 aliphatic carbocycles. The van der Waals surface area contributed by atoms with E-state index in [1.54, 1.807) is 24.3 Å². The van der Waals surface area contributed by atoms with Crippen LogP contribution in [0.2, 0.25) is 0 Å². The van der Waals surface area contributed by atoms with Gasteiger partial charge in [-0.1, -0.05) is 36.4 Å². The molecule has 0 saturated carbocycles. The number of primary amides is 1. The van der Waals surface area contributed by atoms with Crippen molar-refractivity contribution in [3.8, 4) is 0 Å². The normalized spacial score (nSPS) is 10.1. The number of hydrogen-bond donors (Lipinski definition) is 2. The predicted molar refractivity (Wildman–Crippen MR) is 81.7 cm³/mol. The Morgan fingerprint density at radius 2 is 1.71 bits per heavy atom. The van der Waals surface area contributed by atoms with Gasteiger partial charge in [-0.25, -0.2) is 0 Å². The number of hydrogen-bond acceptors (Lipinski definition) is 2. The fourth-order valence-electron chi connectivity index (χ4n) is 2.03. The van der Waals surface area contributed by atoms with Crippen LogP contribution in [-0.2, 0) is 17.8 Å². The average Bonchev–Trinajstić information content (AvgIpc) is 2.48. The molecule has 4 nitrogen and oxygen atoms in total. The molecule has 0 fully saturated rings. The fourth-order valence-corrected chi connectivity index (χ4v) is 2.03. The first-order valence-electron chi connectivity index (χ1n) is 6.76. The molecule has 0 aliphatic rings. The van der Waals surface area contributed by atoms with E-state index in [1.165, 1.54) is 0 Å². The number of nitrogens with two attached hydrogens (primary N) is 1. The minimum absolute atomic E-state index is 0.0247. The molecule has 0 aliphatic heterocycles. The van der Waals surface area contributed by atoms with Gasteiger partial charge in [-0.15, -0.1) is 0 Å². The Morgan fingerprint density at radius 3 is 2.33 bits per heavy atom. The molecule has 2 amide bonds. The van der Waals surface area contributed by atoms with Gasteiger partial charge < -0.3 is 11.1 Å². The summed E-state index contributed by atoms with van der Waals surface area (Å²) in [6.07, 6.45) is 0.367. The van der Waals surface area contributed by atoms with Crippen LogP contribution in [-0.4, -0.2) is 11.8 Å². The zero-order chi connectivity index (χ0) is 15.2. The first kappa shape index (κ1) is 14.8. The van der Waals surface area contributed by atoms with Gasteiger partial charge >= 0.3 is 0 Å². The molecule has 0 heterocycles. The van der Waals surface area contributed by atoms with Gasteiger partial charge in [0.15, 0.2) is 0 Å². The molecule has 0 saturated heterocycles. The standard InChI is InChI=1S/C17H18N2O2/c1-12-4-2-3-5-15(12)10-16(20)19-11-13-6-8-14(9-7-13)17(18)21/h2-9H,10-11H2,1H3,(H2,18,21)(H,19,20). The molecule has 0 unspecified atom stereocenters. The van der Waals surface area contributed by atoms with Gasteiger partial charge in [0.1, 0.15) is 0 Å². The molecule has 0 aromatic heterocycles. The van der Waals surface area contributed by atoms with Gasteiger partial charge in [0, 0.05) is 12.1 Å². The second-order valence-corrected chi connectivity index (χ2v) is 4.94. The highest BCUT2D eigenvalue weighted by molar-refractivity contribution is 5.92. The fraction of sp³-hybridized carbons (Fsp3) is 0.176. The summed E-state index contributed by atoms with van der Waals surface area (Å²) in [5.41, 5.74) is 8.71. The molecule has 4 heteroatoms. The van der Waals surface area contributed by atoms with Crippen molar-refractivity contribution in [1.29, 1.82) is 0 Å². The maximum Gasteiger partial charge on any atom is 0.248 e. The maximum absolute atomic E-state index is 11.9.